The van der Waals surface area contributed by atoms with Gasteiger partial charge >= 0.3 is 7.25 Å². The van der Waals surface area contributed by atoms with Crippen molar-refractivity contribution < 1.29 is 27.5 Å². The molecule has 0 saturated heterocycles. The van der Waals surface area contributed by atoms with Gasteiger partial charge in [-0.2, -0.15) is 5.10 Å². The topological polar surface area (TPSA) is 75.9 Å². The smallest absolute Gasteiger partial charge is 0.508 e. The number of aromatic amines is 2. The summed E-state index contributed by atoms with van der Waals surface area (Å²) in [4.78, 5) is 1.13. The van der Waals surface area contributed by atoms with Crippen LogP contribution in [-0.4, -0.2) is 34.1 Å². The molecule has 0 fully saturated rings. The molecule has 0 radical (unpaired) electrons. The highest BCUT2D eigenvalue weighted by atomic mass is 32.2. The molecule has 0 aliphatic heterocycles. The highest BCUT2D eigenvalue weighted by molar-refractivity contribution is 7.98. The number of thioether (sulfide) groups is 1. The molecule has 2 rings (SSSR count). The minimum absolute atomic E-state index is 0.369. The number of phenolic OH excluding ortho intramolecular Hbond substituents is 1. The van der Waals surface area contributed by atoms with Crippen LogP contribution in [0.3, 0.4) is 0 Å². The number of aromatic nitrogens is 4. The highest BCUT2D eigenvalue weighted by Crippen LogP contribution is 2.22. The van der Waals surface area contributed by atoms with E-state index in [1.165, 1.54) is 11.9 Å². The van der Waals surface area contributed by atoms with Gasteiger partial charge in [0.25, 0.3) is 6.33 Å². The van der Waals surface area contributed by atoms with Gasteiger partial charge in [-0.1, -0.05) is 12.1 Å². The Kier molecular flexibility index (Phi) is 9.18. The van der Waals surface area contributed by atoms with Crippen molar-refractivity contribution in [2.24, 2.45) is 0 Å². The SMILES string of the molecule is CCc1cc(O)cc(SC)c1.F[B-](F)(F)F.c1nn[nH][nH+]1. The van der Waals surface area contributed by atoms with E-state index in [-0.39, 0.29) is 0 Å². The van der Waals surface area contributed by atoms with E-state index in [1.54, 1.807) is 23.9 Å². The average molecular weight is 326 g/mol. The molecule has 3 N–H and O–H groups in total. The summed E-state index contributed by atoms with van der Waals surface area (Å²) in [7, 11) is -6.00. The lowest BCUT2D eigenvalue weighted by Crippen LogP contribution is -2.02. The first-order valence-corrected chi connectivity index (χ1v) is 6.95. The van der Waals surface area contributed by atoms with E-state index in [0.717, 1.165) is 11.3 Å². The molecule has 5 nitrogen and oxygen atoms in total. The summed E-state index contributed by atoms with van der Waals surface area (Å²) in [5.41, 5.74) is 1.19. The molecule has 11 heteroatoms. The van der Waals surface area contributed by atoms with E-state index < -0.39 is 7.25 Å². The Balaban J connectivity index is 0.000000332. The Bertz CT molecular complexity index is 453. The lowest BCUT2D eigenvalue weighted by molar-refractivity contribution is -0.456. The Morgan fingerprint density at radius 1 is 1.29 bits per heavy atom. The van der Waals surface area contributed by atoms with Crippen LogP contribution in [-0.2, 0) is 6.42 Å². The summed E-state index contributed by atoms with van der Waals surface area (Å²) in [6.07, 6.45) is 4.44. The predicted octanol–water partition coefficient (Wildman–Crippen LogP) is 2.60. The first-order valence-electron chi connectivity index (χ1n) is 5.72. The second-order valence-electron chi connectivity index (χ2n) is 3.49. The molecule has 0 aliphatic carbocycles. The molecular weight excluding hydrogens is 311 g/mol. The van der Waals surface area contributed by atoms with Gasteiger partial charge in [-0.05, 0) is 36.4 Å². The number of aromatic hydroxyl groups is 1. The number of H-pyrrole nitrogens is 2. The van der Waals surface area contributed by atoms with Crippen molar-refractivity contribution in [3.63, 3.8) is 0 Å². The molecule has 1 heterocycles. The second-order valence-corrected chi connectivity index (χ2v) is 4.37. The average Bonchev–Trinajstić information content (AvgIpc) is 2.95. The number of phenols is 1. The van der Waals surface area contributed by atoms with Crippen LogP contribution in [0.1, 0.15) is 12.5 Å². The molecule has 0 atom stereocenters. The molecule has 0 bridgehead atoms. The first-order chi connectivity index (χ1) is 9.76. The third kappa shape index (κ3) is 13.0. The van der Waals surface area contributed by atoms with Crippen LogP contribution in [0.25, 0.3) is 0 Å². The summed E-state index contributed by atoms with van der Waals surface area (Å²) in [6, 6.07) is 5.69. The molecule has 0 aliphatic rings. The number of benzene rings is 1. The van der Waals surface area contributed by atoms with Gasteiger partial charge in [0.05, 0.1) is 0 Å². The molecule has 1 aromatic carbocycles. The van der Waals surface area contributed by atoms with Crippen LogP contribution >= 0.6 is 11.8 Å². The normalized spacial score (nSPS) is 10.0. The van der Waals surface area contributed by atoms with E-state index in [4.69, 9.17) is 0 Å². The molecule has 0 unspecified atom stereocenters. The van der Waals surface area contributed by atoms with Crippen molar-refractivity contribution in [3.05, 3.63) is 30.1 Å². The molecule has 1 aromatic heterocycles. The number of nitrogens with zero attached hydrogens (tertiary/aromatic N) is 2. The zero-order valence-corrected chi connectivity index (χ0v) is 12.2. The maximum atomic E-state index is 9.75. The first kappa shape index (κ1) is 19.2. The summed E-state index contributed by atoms with van der Waals surface area (Å²) in [5.74, 6) is 0.369. The fourth-order valence-corrected chi connectivity index (χ4v) is 1.62. The fraction of sp³-hybridized carbons (Fsp3) is 0.300. The van der Waals surface area contributed by atoms with Gasteiger partial charge in [-0.3, -0.25) is 0 Å². The van der Waals surface area contributed by atoms with E-state index in [2.05, 4.69) is 33.6 Å². The lowest BCUT2D eigenvalue weighted by Gasteiger charge is -2.01. The van der Waals surface area contributed by atoms with Crippen LogP contribution < -0.4 is 5.10 Å². The predicted molar refractivity (Wildman–Crippen MR) is 72.4 cm³/mol. The van der Waals surface area contributed by atoms with Gasteiger partial charge in [-0.25, -0.2) is 0 Å². The maximum Gasteiger partial charge on any atom is 0.673 e. The largest absolute Gasteiger partial charge is 0.673 e. The van der Waals surface area contributed by atoms with Gasteiger partial charge in [0, 0.05) is 4.90 Å². The van der Waals surface area contributed by atoms with Crippen molar-refractivity contribution in [1.82, 2.24) is 15.5 Å². The van der Waals surface area contributed by atoms with E-state index >= 15 is 0 Å². The summed E-state index contributed by atoms with van der Waals surface area (Å²) < 4.78 is 39.0. The Morgan fingerprint density at radius 2 is 1.90 bits per heavy atom. The maximum absolute atomic E-state index is 9.75. The Hall–Kier alpha value is -1.78. The molecule has 118 valence electrons. The van der Waals surface area contributed by atoms with Crippen molar-refractivity contribution >= 4 is 19.0 Å². The van der Waals surface area contributed by atoms with Gasteiger partial charge in [0.1, 0.15) is 10.8 Å². The third-order valence-corrected chi connectivity index (χ3v) is 2.60. The van der Waals surface area contributed by atoms with Crippen LogP contribution in [0.5, 0.6) is 5.75 Å². The van der Waals surface area contributed by atoms with Crippen molar-refractivity contribution in [2.75, 3.05) is 6.26 Å². The lowest BCUT2D eigenvalue weighted by atomic mass is 10.2. The van der Waals surface area contributed by atoms with Crippen LogP contribution in [0.15, 0.2) is 29.4 Å². The fourth-order valence-electron chi connectivity index (χ4n) is 1.11. The Labute approximate surface area is 123 Å². The molecule has 0 amide bonds. The van der Waals surface area contributed by atoms with E-state index in [1.807, 2.05) is 6.26 Å². The van der Waals surface area contributed by atoms with Gasteiger partial charge in [-0.15, -0.1) is 11.8 Å². The Morgan fingerprint density at radius 3 is 2.24 bits per heavy atom. The number of tetrazole rings is 1. The van der Waals surface area contributed by atoms with Crippen LogP contribution in [0, 0.1) is 0 Å². The second kappa shape index (κ2) is 10.0. The van der Waals surface area contributed by atoms with Gasteiger partial charge in [0.2, 0.25) is 0 Å². The number of halogens is 4. The van der Waals surface area contributed by atoms with Crippen molar-refractivity contribution in [1.29, 1.82) is 0 Å². The van der Waals surface area contributed by atoms with E-state index in [0.29, 0.717) is 5.75 Å². The minimum atomic E-state index is -6.00. The molecular formula is C10H15BF4N4OS. The number of hydrogen-bond donors (Lipinski definition) is 2. The monoisotopic (exact) mass is 326 g/mol. The number of aryl methyl sites for hydroxylation is 1. The third-order valence-electron chi connectivity index (χ3n) is 1.89. The zero-order chi connectivity index (χ0) is 16.3. The minimum Gasteiger partial charge on any atom is -0.508 e. The highest BCUT2D eigenvalue weighted by Gasteiger charge is 2.20. The van der Waals surface area contributed by atoms with Crippen LogP contribution in [0.2, 0.25) is 0 Å². The van der Waals surface area contributed by atoms with Crippen LogP contribution in [0.4, 0.5) is 17.3 Å². The number of nitrogens with one attached hydrogen (secondary N) is 2. The molecule has 21 heavy (non-hydrogen) atoms. The molecule has 0 spiro atoms. The summed E-state index contributed by atoms with van der Waals surface area (Å²) >= 11 is 1.65. The van der Waals surface area contributed by atoms with Crippen molar-refractivity contribution in [3.8, 4) is 5.75 Å². The van der Waals surface area contributed by atoms with Crippen molar-refractivity contribution in [2.45, 2.75) is 18.2 Å². The molecule has 0 saturated carbocycles. The summed E-state index contributed by atoms with van der Waals surface area (Å²) in [5, 5.41) is 20.8. The summed E-state index contributed by atoms with van der Waals surface area (Å²) in [6.45, 7) is 2.08. The number of rotatable bonds is 2. The quantitative estimate of drug-likeness (QED) is 0.505. The van der Waals surface area contributed by atoms with Gasteiger partial charge in [0.15, 0.2) is 5.21 Å². The van der Waals surface area contributed by atoms with E-state index in [9.17, 15) is 22.4 Å². The van der Waals surface area contributed by atoms with Gasteiger partial charge < -0.3 is 22.4 Å². The zero-order valence-electron chi connectivity index (χ0n) is 11.4. The molecule has 2 aromatic rings. The number of hydrogen-bond acceptors (Lipinski definition) is 4. The standard InChI is InChI=1S/C9H12OS.CH2N4.BF4/c1-3-7-4-8(10)6-9(5-7)11-2;1-2-4-5-3-1;2-1(3,4)5/h4-6,10H,3H2,1-2H3;1H,(H,2,3,4,5);/q;;-1/p+1.